The van der Waals surface area contributed by atoms with Crippen LogP contribution in [0.3, 0.4) is 0 Å². The monoisotopic (exact) mass is 881 g/mol. The van der Waals surface area contributed by atoms with Gasteiger partial charge in [0, 0.05) is 45.6 Å². The van der Waals surface area contributed by atoms with Gasteiger partial charge in [-0.05, 0) is 6.42 Å². The minimum atomic E-state index is -1.83. The molecule has 0 radical (unpaired) electrons. The largest absolute Gasteiger partial charge is 0.420 e. The second-order valence-corrected chi connectivity index (χ2v) is 15.7. The number of benzene rings is 1. The molecular formula is C51H100F4N2O4. The Bertz CT molecular complexity index is 1050. The number of ether oxygens (including phenoxy) is 1. The third-order valence-corrected chi connectivity index (χ3v) is 7.42. The summed E-state index contributed by atoms with van der Waals surface area (Å²) in [5, 5.41) is 0. The Morgan fingerprint density at radius 1 is 0.508 bits per heavy atom. The van der Waals surface area contributed by atoms with Gasteiger partial charge in [-0.1, -0.05) is 226 Å². The molecular weight excluding hydrogens is 781 g/mol. The highest BCUT2D eigenvalue weighted by atomic mass is 19.2. The number of esters is 1. The lowest BCUT2D eigenvalue weighted by atomic mass is 10.0. The second kappa shape index (κ2) is 55.4. The summed E-state index contributed by atoms with van der Waals surface area (Å²) in [5.74, 6) is -11.4. The van der Waals surface area contributed by atoms with E-state index in [1.807, 2.05) is 0 Å². The molecule has 1 aromatic carbocycles. The number of carbonyl (C=O) groups is 3. The molecule has 0 spiro atoms. The quantitative estimate of drug-likeness (QED) is 0.0545. The van der Waals surface area contributed by atoms with Crippen LogP contribution in [0.2, 0.25) is 0 Å². The first kappa shape index (κ1) is 70.0. The smallest absolute Gasteiger partial charge is 0.318 e. The average Bonchev–Trinajstić information content (AvgIpc) is 3.44. The Morgan fingerprint density at radius 2 is 0.803 bits per heavy atom. The molecule has 1 fully saturated rings. The van der Waals surface area contributed by atoms with Gasteiger partial charge >= 0.3 is 5.97 Å². The number of amides is 2. The van der Waals surface area contributed by atoms with Gasteiger partial charge in [-0.25, -0.2) is 8.78 Å². The fraction of sp³-hybridized carbons (Fsp3) is 0.824. The van der Waals surface area contributed by atoms with Crippen LogP contribution in [-0.2, 0) is 14.4 Å². The first-order chi connectivity index (χ1) is 29.0. The summed E-state index contributed by atoms with van der Waals surface area (Å²) in [7, 11) is 0. The maximum atomic E-state index is 14.0. The third kappa shape index (κ3) is 46.7. The van der Waals surface area contributed by atoms with Gasteiger partial charge in [0.05, 0.1) is 5.92 Å². The highest BCUT2D eigenvalue weighted by Gasteiger charge is 2.34. The number of hydrogen-bond donors (Lipinski definition) is 0. The lowest BCUT2D eigenvalue weighted by Crippen LogP contribution is -2.40. The van der Waals surface area contributed by atoms with Crippen LogP contribution >= 0.6 is 0 Å². The van der Waals surface area contributed by atoms with Crippen molar-refractivity contribution in [3.8, 4) is 5.75 Å². The minimum absolute atomic E-state index is 0.0159. The molecule has 10 heteroatoms. The second-order valence-electron chi connectivity index (χ2n) is 15.7. The predicted octanol–water partition coefficient (Wildman–Crippen LogP) is 16.9. The van der Waals surface area contributed by atoms with Crippen molar-refractivity contribution in [2.75, 3.05) is 26.2 Å². The van der Waals surface area contributed by atoms with Crippen molar-refractivity contribution < 1.29 is 36.7 Å². The highest BCUT2D eigenvalue weighted by molar-refractivity contribution is 5.81. The van der Waals surface area contributed by atoms with E-state index in [9.17, 15) is 31.9 Å². The SMILES string of the molecule is CCC.CCC.CCC.CCC.CCC.CCC.CCC.CCCCCCCCCCCCCCCC(=O)N1CCN(C(C)=O)CC(C(=O)Oc2c(F)c(F)cc(F)c2F)C1. The number of rotatable bonds is 16. The van der Waals surface area contributed by atoms with Crippen molar-refractivity contribution in [3.63, 3.8) is 0 Å². The molecule has 1 heterocycles. The molecule has 1 unspecified atom stereocenters. The van der Waals surface area contributed by atoms with E-state index in [0.717, 1.165) is 19.3 Å². The summed E-state index contributed by atoms with van der Waals surface area (Å²) in [6.07, 6.45) is 24.4. The highest BCUT2D eigenvalue weighted by Crippen LogP contribution is 2.28. The van der Waals surface area contributed by atoms with Crippen LogP contribution in [0, 0.1) is 29.2 Å². The average molecular weight is 881 g/mol. The molecule has 366 valence electrons. The van der Waals surface area contributed by atoms with Gasteiger partial charge in [-0.2, -0.15) is 8.78 Å². The summed E-state index contributed by atoms with van der Waals surface area (Å²) in [4.78, 5) is 40.5. The first-order valence-corrected chi connectivity index (χ1v) is 24.6. The molecule has 0 N–H and O–H groups in total. The van der Waals surface area contributed by atoms with Gasteiger partial charge in [0.1, 0.15) is 0 Å². The van der Waals surface area contributed by atoms with E-state index >= 15 is 0 Å². The molecule has 0 saturated carbocycles. The number of hydrogen-bond acceptors (Lipinski definition) is 4. The summed E-state index contributed by atoms with van der Waals surface area (Å²) in [6.45, 7) is 33.4. The van der Waals surface area contributed by atoms with E-state index in [1.165, 1.54) is 119 Å². The van der Waals surface area contributed by atoms with Crippen LogP contribution in [0.15, 0.2) is 6.07 Å². The van der Waals surface area contributed by atoms with Crippen molar-refractivity contribution in [1.29, 1.82) is 0 Å². The summed E-state index contributed by atoms with van der Waals surface area (Å²) in [6, 6.07) is 0.0159. The Morgan fingerprint density at radius 3 is 1.13 bits per heavy atom. The summed E-state index contributed by atoms with van der Waals surface area (Å²) < 4.78 is 59.9. The zero-order valence-corrected chi connectivity index (χ0v) is 42.9. The molecule has 0 aliphatic carbocycles. The van der Waals surface area contributed by atoms with E-state index in [4.69, 9.17) is 4.74 Å². The Kier molecular flexibility index (Phi) is 63.6. The van der Waals surface area contributed by atoms with Crippen molar-refractivity contribution in [1.82, 2.24) is 9.80 Å². The van der Waals surface area contributed by atoms with Gasteiger partial charge in [-0.3, -0.25) is 14.4 Å². The van der Waals surface area contributed by atoms with Crippen LogP contribution in [0.4, 0.5) is 17.6 Å². The van der Waals surface area contributed by atoms with E-state index in [2.05, 4.69) is 104 Å². The van der Waals surface area contributed by atoms with Crippen LogP contribution in [0.5, 0.6) is 5.75 Å². The number of unbranched alkanes of at least 4 members (excludes halogenated alkanes) is 12. The number of halogens is 4. The molecule has 1 atom stereocenters. The maximum absolute atomic E-state index is 14.0. The Hall–Kier alpha value is -2.65. The van der Waals surface area contributed by atoms with Crippen LogP contribution in [-0.4, -0.2) is 53.8 Å². The molecule has 2 amide bonds. The number of carbonyl (C=O) groups excluding carboxylic acids is 3. The number of nitrogens with zero attached hydrogens (tertiary/aromatic N) is 2. The zero-order valence-electron chi connectivity index (χ0n) is 42.9. The fourth-order valence-corrected chi connectivity index (χ4v) is 4.95. The molecule has 1 aliphatic rings. The fourth-order valence-electron chi connectivity index (χ4n) is 4.95. The normalized spacial score (nSPS) is 12.4. The van der Waals surface area contributed by atoms with E-state index in [-0.39, 0.29) is 50.5 Å². The Labute approximate surface area is 376 Å². The van der Waals surface area contributed by atoms with Gasteiger partial charge < -0.3 is 14.5 Å². The standard InChI is InChI=1S/C30H44F4N2O4.7C3H8/c1-3-4-5-6-7-8-9-10-11-12-13-14-15-16-26(38)36-18-17-35(22(2)37)20-23(21-36)30(39)40-29-27(33)24(31)19-25(32)28(29)34;7*1-3-2/h19,23H,3-18,20-21H2,1-2H3;7*3H2,1-2H3. The molecule has 6 nitrogen and oxygen atoms in total. The Balaban J connectivity index is -0.000000302. The molecule has 1 aromatic rings. The topological polar surface area (TPSA) is 66.9 Å². The lowest BCUT2D eigenvalue weighted by molar-refractivity contribution is -0.142. The maximum Gasteiger partial charge on any atom is 0.318 e. The van der Waals surface area contributed by atoms with Crippen LogP contribution < -0.4 is 4.74 Å². The summed E-state index contributed by atoms with van der Waals surface area (Å²) >= 11 is 0. The molecule has 0 bridgehead atoms. The van der Waals surface area contributed by atoms with Crippen molar-refractivity contribution in [3.05, 3.63) is 29.3 Å². The van der Waals surface area contributed by atoms with Gasteiger partial charge in [-0.15, -0.1) is 0 Å². The van der Waals surface area contributed by atoms with Gasteiger partial charge in [0.2, 0.25) is 29.2 Å². The lowest BCUT2D eigenvalue weighted by Gasteiger charge is -2.23. The zero-order chi connectivity index (χ0) is 48.4. The molecule has 1 saturated heterocycles. The molecule has 1 aliphatic heterocycles. The minimum Gasteiger partial charge on any atom is -0.420 e. The van der Waals surface area contributed by atoms with Crippen molar-refractivity contribution in [2.24, 2.45) is 5.92 Å². The van der Waals surface area contributed by atoms with E-state index in [0.29, 0.717) is 6.42 Å². The van der Waals surface area contributed by atoms with Crippen LogP contribution in [0.1, 0.15) is 246 Å². The molecule has 0 aromatic heterocycles. The van der Waals surface area contributed by atoms with Crippen molar-refractivity contribution in [2.45, 2.75) is 246 Å². The van der Waals surface area contributed by atoms with Gasteiger partial charge in [0.25, 0.3) is 0 Å². The summed E-state index contributed by atoms with van der Waals surface area (Å²) in [5.41, 5.74) is 0. The third-order valence-electron chi connectivity index (χ3n) is 7.42. The predicted molar refractivity (Wildman–Crippen MR) is 256 cm³/mol. The molecule has 2 rings (SSSR count). The van der Waals surface area contributed by atoms with Crippen LogP contribution in [0.25, 0.3) is 0 Å². The van der Waals surface area contributed by atoms with E-state index in [1.54, 1.807) is 0 Å². The van der Waals surface area contributed by atoms with E-state index < -0.39 is 40.9 Å². The van der Waals surface area contributed by atoms with Gasteiger partial charge in [0.15, 0.2) is 11.6 Å². The molecule has 61 heavy (non-hydrogen) atoms. The van der Waals surface area contributed by atoms with Crippen molar-refractivity contribution >= 4 is 17.8 Å². The first-order valence-electron chi connectivity index (χ1n) is 24.6.